The van der Waals surface area contributed by atoms with Crippen molar-refractivity contribution in [1.29, 1.82) is 0 Å². The van der Waals surface area contributed by atoms with Gasteiger partial charge in [-0.15, -0.1) is 0 Å². The molecule has 0 amide bonds. The molecule has 3 nitrogen and oxygen atoms in total. The Labute approximate surface area is 292 Å². The van der Waals surface area contributed by atoms with Crippen molar-refractivity contribution in [3.63, 3.8) is 0 Å². The zero-order valence-electron chi connectivity index (χ0n) is 32.7. The molecule has 0 aromatic carbocycles. The van der Waals surface area contributed by atoms with Crippen molar-refractivity contribution in [3.8, 4) is 0 Å². The largest absolute Gasteiger partial charge is 0.393 e. The van der Waals surface area contributed by atoms with Crippen molar-refractivity contribution in [2.75, 3.05) is 33.8 Å². The highest BCUT2D eigenvalue weighted by Crippen LogP contribution is 2.23. The van der Waals surface area contributed by atoms with Crippen LogP contribution >= 0.6 is 0 Å². The molecule has 0 saturated carbocycles. The Morgan fingerprint density at radius 2 is 0.652 bits per heavy atom. The highest BCUT2D eigenvalue weighted by Gasteiger charge is 2.27. The molecule has 2 unspecified atom stereocenters. The topological polar surface area (TPSA) is 40.5 Å². The fourth-order valence-electron chi connectivity index (χ4n) is 7.49. The summed E-state index contributed by atoms with van der Waals surface area (Å²) >= 11 is 0. The van der Waals surface area contributed by atoms with E-state index < -0.39 is 0 Å². The Hall–Kier alpha value is -0.120. The van der Waals surface area contributed by atoms with E-state index in [4.69, 9.17) is 0 Å². The number of aliphatic hydroxyl groups excluding tert-OH is 2. The lowest BCUT2D eigenvalue weighted by molar-refractivity contribution is -0.894. The second kappa shape index (κ2) is 36.2. The summed E-state index contributed by atoms with van der Waals surface area (Å²) in [6.45, 7) is 6.59. The first-order valence-electron chi connectivity index (χ1n) is 21.6. The average molecular weight is 653 g/mol. The summed E-state index contributed by atoms with van der Waals surface area (Å²) in [7, 11) is 4.44. The van der Waals surface area contributed by atoms with Gasteiger partial charge in [0.2, 0.25) is 0 Å². The zero-order valence-corrected chi connectivity index (χ0v) is 32.7. The van der Waals surface area contributed by atoms with E-state index in [1.54, 1.807) is 0 Å². The van der Waals surface area contributed by atoms with Crippen molar-refractivity contribution in [2.24, 2.45) is 5.92 Å². The smallest absolute Gasteiger partial charge is 0.102 e. The second-order valence-electron chi connectivity index (χ2n) is 16.1. The third kappa shape index (κ3) is 33.8. The van der Waals surface area contributed by atoms with Gasteiger partial charge in [-0.3, -0.25) is 0 Å². The summed E-state index contributed by atoms with van der Waals surface area (Å²) < 4.78 is 0.816. The maximum Gasteiger partial charge on any atom is 0.102 e. The van der Waals surface area contributed by atoms with Crippen molar-refractivity contribution in [1.82, 2.24) is 0 Å². The van der Waals surface area contributed by atoms with Gasteiger partial charge in [-0.25, -0.2) is 0 Å². The van der Waals surface area contributed by atoms with Crippen LogP contribution in [0.25, 0.3) is 0 Å². The Balaban J connectivity index is 3.88. The van der Waals surface area contributed by atoms with Gasteiger partial charge in [-0.1, -0.05) is 219 Å². The molecular formula is C43H90NO2+. The van der Waals surface area contributed by atoms with E-state index in [2.05, 4.69) is 27.9 Å². The van der Waals surface area contributed by atoms with Crippen LogP contribution in [0.3, 0.4) is 0 Å². The molecule has 0 aliphatic carbocycles. The summed E-state index contributed by atoms with van der Waals surface area (Å²) in [6, 6.07) is 0. The minimum Gasteiger partial charge on any atom is -0.393 e. The molecule has 0 aromatic heterocycles. The number of hydrogen-bond acceptors (Lipinski definition) is 2. The normalized spacial score (nSPS) is 13.4. The summed E-state index contributed by atoms with van der Waals surface area (Å²) in [6.07, 6.45) is 46.7. The number of likely N-dealkylation sites (N-methyl/N-ethyl adjacent to an activating group) is 1. The Morgan fingerprint density at radius 1 is 0.391 bits per heavy atom. The van der Waals surface area contributed by atoms with Gasteiger partial charge in [0.25, 0.3) is 0 Å². The maximum atomic E-state index is 11.2. The van der Waals surface area contributed by atoms with E-state index in [1.807, 2.05) is 0 Å². The van der Waals surface area contributed by atoms with Crippen LogP contribution < -0.4 is 0 Å². The molecule has 0 heterocycles. The fraction of sp³-hybridized carbons (Fsp3) is 1.00. The first-order chi connectivity index (χ1) is 22.5. The molecule has 0 rings (SSSR count). The Kier molecular flexibility index (Phi) is 36.1. The summed E-state index contributed by atoms with van der Waals surface area (Å²) in [4.78, 5) is 0. The maximum absolute atomic E-state index is 11.2. The van der Waals surface area contributed by atoms with Crippen LogP contribution in [0.15, 0.2) is 0 Å². The summed E-state index contributed by atoms with van der Waals surface area (Å²) in [5.74, 6) is 0.365. The van der Waals surface area contributed by atoms with E-state index in [-0.39, 0.29) is 12.7 Å². The molecule has 2 N–H and O–H groups in total. The molecule has 0 aliphatic heterocycles. The van der Waals surface area contributed by atoms with Crippen molar-refractivity contribution in [2.45, 2.75) is 238 Å². The molecule has 0 fully saturated rings. The standard InChI is InChI=1S/C43H90NO2/c1-5-7-9-11-13-15-17-19-21-23-25-27-29-31-33-35-37-42(41-44(3,4)39-40-45)43(46)38-36-34-32-30-28-26-24-22-20-18-16-14-12-10-8-6-2/h42-43,45-46H,5-41H2,1-4H3/q+1. The van der Waals surface area contributed by atoms with Gasteiger partial charge < -0.3 is 14.7 Å². The number of unbranched alkanes of at least 4 members (excludes halogenated alkanes) is 30. The first-order valence-corrected chi connectivity index (χ1v) is 21.6. The highest BCUT2D eigenvalue weighted by atomic mass is 16.3. The molecule has 0 spiro atoms. The highest BCUT2D eigenvalue weighted by molar-refractivity contribution is 4.70. The molecule has 3 heteroatoms. The lowest BCUT2D eigenvalue weighted by atomic mass is 9.90. The SMILES string of the molecule is CCCCCCCCCCCCCCCCCCC(O)C(CCCCCCCCCCCCCCCCCC)C[N+](C)(C)CCO. The van der Waals surface area contributed by atoms with Gasteiger partial charge in [0.15, 0.2) is 0 Å². The molecular weight excluding hydrogens is 562 g/mol. The van der Waals surface area contributed by atoms with E-state index >= 15 is 0 Å². The lowest BCUT2D eigenvalue weighted by Crippen LogP contribution is -2.47. The minimum absolute atomic E-state index is 0.181. The molecule has 2 atom stereocenters. The van der Waals surface area contributed by atoms with Crippen LogP contribution in [0.1, 0.15) is 232 Å². The van der Waals surface area contributed by atoms with Crippen LogP contribution in [0.4, 0.5) is 0 Å². The number of nitrogens with zero attached hydrogens (tertiary/aromatic N) is 1. The van der Waals surface area contributed by atoms with Gasteiger partial charge >= 0.3 is 0 Å². The van der Waals surface area contributed by atoms with Gasteiger partial charge in [0.1, 0.15) is 6.54 Å². The zero-order chi connectivity index (χ0) is 33.8. The van der Waals surface area contributed by atoms with E-state index in [9.17, 15) is 10.2 Å². The number of quaternary nitrogens is 1. The van der Waals surface area contributed by atoms with Gasteiger partial charge in [0.05, 0.1) is 33.4 Å². The molecule has 0 saturated heterocycles. The number of rotatable bonds is 39. The Bertz CT molecular complexity index is 565. The summed E-state index contributed by atoms with van der Waals surface area (Å²) in [5, 5.41) is 20.8. The van der Waals surface area contributed by atoms with Crippen molar-refractivity contribution < 1.29 is 14.7 Å². The predicted octanol–water partition coefficient (Wildman–Crippen LogP) is 13.3. The van der Waals surface area contributed by atoms with Crippen molar-refractivity contribution in [3.05, 3.63) is 0 Å². The molecule has 0 radical (unpaired) electrons. The molecule has 0 aromatic rings. The molecule has 0 aliphatic rings. The monoisotopic (exact) mass is 653 g/mol. The Morgan fingerprint density at radius 3 is 0.935 bits per heavy atom. The van der Waals surface area contributed by atoms with E-state index in [0.717, 1.165) is 30.4 Å². The van der Waals surface area contributed by atoms with Crippen LogP contribution in [-0.4, -0.2) is 54.6 Å². The molecule has 0 bridgehead atoms. The molecule has 278 valence electrons. The van der Waals surface area contributed by atoms with Gasteiger partial charge in [0, 0.05) is 5.92 Å². The third-order valence-corrected chi connectivity index (χ3v) is 10.8. The second-order valence-corrected chi connectivity index (χ2v) is 16.1. The predicted molar refractivity (Wildman–Crippen MR) is 207 cm³/mol. The number of hydrogen-bond donors (Lipinski definition) is 2. The van der Waals surface area contributed by atoms with E-state index in [0.29, 0.717) is 5.92 Å². The summed E-state index contributed by atoms with van der Waals surface area (Å²) in [5.41, 5.74) is 0. The fourth-order valence-corrected chi connectivity index (χ4v) is 7.49. The van der Waals surface area contributed by atoms with E-state index in [1.165, 1.54) is 205 Å². The van der Waals surface area contributed by atoms with Gasteiger partial charge in [-0.05, 0) is 12.8 Å². The van der Waals surface area contributed by atoms with Crippen LogP contribution in [0.2, 0.25) is 0 Å². The van der Waals surface area contributed by atoms with Crippen LogP contribution in [0.5, 0.6) is 0 Å². The minimum atomic E-state index is -0.181. The van der Waals surface area contributed by atoms with Crippen LogP contribution in [0, 0.1) is 5.92 Å². The first kappa shape index (κ1) is 45.9. The molecule has 46 heavy (non-hydrogen) atoms. The van der Waals surface area contributed by atoms with Crippen molar-refractivity contribution >= 4 is 0 Å². The average Bonchev–Trinajstić information content (AvgIpc) is 3.03. The number of aliphatic hydroxyl groups is 2. The lowest BCUT2D eigenvalue weighted by Gasteiger charge is -2.35. The quantitative estimate of drug-likeness (QED) is 0.0512. The third-order valence-electron chi connectivity index (χ3n) is 10.8. The van der Waals surface area contributed by atoms with Crippen LogP contribution in [-0.2, 0) is 0 Å². The van der Waals surface area contributed by atoms with Gasteiger partial charge in [-0.2, -0.15) is 0 Å².